The molecule has 23 heavy (non-hydrogen) atoms. The summed E-state index contributed by atoms with van der Waals surface area (Å²) in [5, 5.41) is 6.91. The third kappa shape index (κ3) is 4.97. The van der Waals surface area contributed by atoms with Gasteiger partial charge in [0, 0.05) is 29.7 Å². The van der Waals surface area contributed by atoms with Crippen molar-refractivity contribution in [2.24, 2.45) is 0 Å². The van der Waals surface area contributed by atoms with Crippen molar-refractivity contribution in [1.82, 2.24) is 5.16 Å². The molecule has 0 aliphatic carbocycles. The highest BCUT2D eigenvalue weighted by molar-refractivity contribution is 7.92. The fraction of sp³-hybridized carbons (Fsp3) is 0.286. The summed E-state index contributed by atoms with van der Waals surface area (Å²) in [6.07, 6.45) is 1.02. The van der Waals surface area contributed by atoms with Crippen molar-refractivity contribution in [3.8, 4) is 0 Å². The number of hydrogen-bond donors (Lipinski definition) is 1. The number of carbonyl (C=O) groups excluding carboxylic acids is 1. The van der Waals surface area contributed by atoms with Crippen LogP contribution in [-0.2, 0) is 14.8 Å². The second-order valence-corrected chi connectivity index (χ2v) is 7.28. The number of aryl methyl sites for hydroxylation is 1. The topological polar surface area (TPSA) is 92.5 Å². The number of hydrogen-bond acceptors (Lipinski definition) is 5. The summed E-state index contributed by atoms with van der Waals surface area (Å²) in [6, 6.07) is 8.12. The van der Waals surface area contributed by atoms with Crippen molar-refractivity contribution in [3.63, 3.8) is 0 Å². The fourth-order valence-electron chi connectivity index (χ4n) is 1.88. The van der Waals surface area contributed by atoms with Gasteiger partial charge in [-0.25, -0.2) is 8.42 Å². The zero-order valence-electron chi connectivity index (χ0n) is 12.6. The highest BCUT2D eigenvalue weighted by atomic mass is 35.5. The van der Waals surface area contributed by atoms with Crippen molar-refractivity contribution in [1.29, 1.82) is 0 Å². The van der Waals surface area contributed by atoms with Crippen LogP contribution in [0.3, 0.4) is 0 Å². The van der Waals surface area contributed by atoms with Crippen LogP contribution in [0.4, 0.5) is 11.5 Å². The van der Waals surface area contributed by atoms with Gasteiger partial charge in [-0.15, -0.1) is 0 Å². The highest BCUT2D eigenvalue weighted by Crippen LogP contribution is 2.18. The SMILES string of the molecule is Cc1cc(N(CCC(=O)Nc2ccc(Cl)cc2)S(C)(=O)=O)no1. The van der Waals surface area contributed by atoms with Crippen molar-refractivity contribution < 1.29 is 17.7 Å². The van der Waals surface area contributed by atoms with E-state index < -0.39 is 10.0 Å². The second kappa shape index (κ2) is 7.01. The van der Waals surface area contributed by atoms with Gasteiger partial charge in [0.05, 0.1) is 6.26 Å². The number of benzene rings is 1. The summed E-state index contributed by atoms with van der Waals surface area (Å²) in [5.41, 5.74) is 0.586. The average molecular weight is 358 g/mol. The minimum absolute atomic E-state index is 0.0262. The standard InChI is InChI=1S/C14H16ClN3O4S/c1-10-9-13(17-22-10)18(23(2,20)21)8-7-14(19)16-12-5-3-11(15)4-6-12/h3-6,9H,7-8H2,1-2H3,(H,16,19). The van der Waals surface area contributed by atoms with E-state index in [0.29, 0.717) is 16.5 Å². The zero-order valence-corrected chi connectivity index (χ0v) is 14.2. The molecule has 7 nitrogen and oxygen atoms in total. The van der Waals surface area contributed by atoms with Crippen LogP contribution in [0.2, 0.25) is 5.02 Å². The van der Waals surface area contributed by atoms with Crippen LogP contribution in [0.25, 0.3) is 0 Å². The van der Waals surface area contributed by atoms with Gasteiger partial charge in [-0.2, -0.15) is 0 Å². The number of amides is 1. The maximum absolute atomic E-state index is 12.0. The monoisotopic (exact) mass is 357 g/mol. The summed E-state index contributed by atoms with van der Waals surface area (Å²) in [7, 11) is -3.57. The Morgan fingerprint density at radius 3 is 2.52 bits per heavy atom. The van der Waals surface area contributed by atoms with Crippen molar-refractivity contribution in [3.05, 3.63) is 41.1 Å². The number of nitrogens with zero attached hydrogens (tertiary/aromatic N) is 2. The van der Waals surface area contributed by atoms with Gasteiger partial charge in [0.2, 0.25) is 15.9 Å². The normalized spacial score (nSPS) is 11.3. The summed E-state index contributed by atoms with van der Waals surface area (Å²) in [5.74, 6) is 0.324. The third-order valence-corrected chi connectivity index (χ3v) is 4.36. The molecule has 0 saturated heterocycles. The number of aromatic nitrogens is 1. The Bertz CT molecular complexity index is 787. The Morgan fingerprint density at radius 2 is 2.00 bits per heavy atom. The van der Waals surface area contributed by atoms with Crippen molar-refractivity contribution in [2.45, 2.75) is 13.3 Å². The van der Waals surface area contributed by atoms with Crippen molar-refractivity contribution in [2.75, 3.05) is 22.4 Å². The number of anilines is 2. The molecule has 1 heterocycles. The lowest BCUT2D eigenvalue weighted by Gasteiger charge is -2.18. The van der Waals surface area contributed by atoms with Crippen LogP contribution in [-0.4, -0.2) is 32.3 Å². The van der Waals surface area contributed by atoms with E-state index in [2.05, 4.69) is 10.5 Å². The summed E-state index contributed by atoms with van der Waals surface area (Å²) in [6.45, 7) is 1.62. The van der Waals surface area contributed by atoms with E-state index in [1.54, 1.807) is 31.2 Å². The summed E-state index contributed by atoms with van der Waals surface area (Å²) in [4.78, 5) is 12.0. The molecule has 0 atom stereocenters. The first-order valence-electron chi connectivity index (χ1n) is 6.72. The molecule has 0 radical (unpaired) electrons. The Hall–Kier alpha value is -2.06. The number of sulfonamides is 1. The lowest BCUT2D eigenvalue weighted by atomic mass is 10.3. The molecular weight excluding hydrogens is 342 g/mol. The van der Waals surface area contributed by atoms with Gasteiger partial charge in [-0.3, -0.25) is 9.10 Å². The van der Waals surface area contributed by atoms with Crippen LogP contribution >= 0.6 is 11.6 Å². The Balaban J connectivity index is 2.01. The molecule has 0 aliphatic rings. The number of nitrogens with one attached hydrogen (secondary N) is 1. The molecule has 2 aromatic rings. The molecular formula is C14H16ClN3O4S. The van der Waals surface area contributed by atoms with E-state index in [1.165, 1.54) is 6.07 Å². The number of rotatable bonds is 6. The van der Waals surface area contributed by atoms with Crippen LogP contribution in [0.5, 0.6) is 0 Å². The quantitative estimate of drug-likeness (QED) is 0.857. The molecule has 1 aromatic carbocycles. The maximum atomic E-state index is 12.0. The molecule has 0 saturated carbocycles. The Kier molecular flexibility index (Phi) is 5.27. The minimum Gasteiger partial charge on any atom is -0.360 e. The number of halogens is 1. The molecule has 9 heteroatoms. The largest absolute Gasteiger partial charge is 0.360 e. The Labute approximate surface area is 139 Å². The van der Waals surface area contributed by atoms with E-state index in [0.717, 1.165) is 10.6 Å². The van der Waals surface area contributed by atoms with Gasteiger partial charge < -0.3 is 9.84 Å². The first-order valence-corrected chi connectivity index (χ1v) is 8.95. The molecule has 2 rings (SSSR count). The van der Waals surface area contributed by atoms with E-state index in [4.69, 9.17) is 16.1 Å². The zero-order chi connectivity index (χ0) is 17.0. The van der Waals surface area contributed by atoms with Gasteiger partial charge in [-0.1, -0.05) is 16.8 Å². The maximum Gasteiger partial charge on any atom is 0.233 e. The smallest absolute Gasteiger partial charge is 0.233 e. The van der Waals surface area contributed by atoms with Crippen LogP contribution in [0.15, 0.2) is 34.9 Å². The van der Waals surface area contributed by atoms with Gasteiger partial charge in [-0.05, 0) is 31.2 Å². The van der Waals surface area contributed by atoms with Crippen LogP contribution < -0.4 is 9.62 Å². The number of carbonyl (C=O) groups is 1. The molecule has 1 N–H and O–H groups in total. The minimum atomic E-state index is -3.57. The van der Waals surface area contributed by atoms with Crippen LogP contribution in [0, 0.1) is 6.92 Å². The van der Waals surface area contributed by atoms with E-state index >= 15 is 0 Å². The summed E-state index contributed by atoms with van der Waals surface area (Å²) < 4.78 is 29.6. The lowest BCUT2D eigenvalue weighted by molar-refractivity contribution is -0.116. The predicted octanol–water partition coefficient (Wildman–Crippen LogP) is 2.43. The molecule has 0 unspecified atom stereocenters. The van der Waals surface area contributed by atoms with E-state index in [1.807, 2.05) is 0 Å². The summed E-state index contributed by atoms with van der Waals surface area (Å²) >= 11 is 5.77. The van der Waals surface area contributed by atoms with E-state index in [-0.39, 0.29) is 24.7 Å². The van der Waals surface area contributed by atoms with Crippen LogP contribution in [0.1, 0.15) is 12.2 Å². The predicted molar refractivity (Wildman–Crippen MR) is 88.1 cm³/mol. The first-order chi connectivity index (χ1) is 10.8. The average Bonchev–Trinajstić information content (AvgIpc) is 2.86. The van der Waals surface area contributed by atoms with Gasteiger partial charge in [0.1, 0.15) is 5.76 Å². The fourth-order valence-corrected chi connectivity index (χ4v) is 2.86. The van der Waals surface area contributed by atoms with Gasteiger partial charge in [0.15, 0.2) is 5.82 Å². The molecule has 1 amide bonds. The molecule has 0 aliphatic heterocycles. The molecule has 124 valence electrons. The highest BCUT2D eigenvalue weighted by Gasteiger charge is 2.21. The van der Waals surface area contributed by atoms with Crippen molar-refractivity contribution >= 4 is 39.0 Å². The molecule has 0 spiro atoms. The van der Waals surface area contributed by atoms with E-state index in [9.17, 15) is 13.2 Å². The Morgan fingerprint density at radius 1 is 1.35 bits per heavy atom. The molecule has 0 fully saturated rings. The lowest BCUT2D eigenvalue weighted by Crippen LogP contribution is -2.33. The molecule has 1 aromatic heterocycles. The third-order valence-electron chi connectivity index (χ3n) is 2.94. The first kappa shape index (κ1) is 17.3. The van der Waals surface area contributed by atoms with Gasteiger partial charge in [0.25, 0.3) is 0 Å². The second-order valence-electron chi connectivity index (χ2n) is 4.94. The van der Waals surface area contributed by atoms with Gasteiger partial charge >= 0.3 is 0 Å². The molecule has 0 bridgehead atoms.